The van der Waals surface area contributed by atoms with Crippen molar-refractivity contribution < 1.29 is 9.09 Å². The SMILES string of the molecule is CC.CC.CCOP(C)(=O)N1CCC(NC)CC1. The van der Waals surface area contributed by atoms with Gasteiger partial charge in [0.2, 0.25) is 0 Å². The van der Waals surface area contributed by atoms with Crippen molar-refractivity contribution in [2.24, 2.45) is 0 Å². The van der Waals surface area contributed by atoms with Crippen molar-refractivity contribution in [2.75, 3.05) is 33.4 Å². The number of hydrogen-bond donors (Lipinski definition) is 1. The molecule has 5 heteroatoms. The maximum absolute atomic E-state index is 12.0. The molecule has 0 radical (unpaired) electrons. The second-order valence-electron chi connectivity index (χ2n) is 3.74. The van der Waals surface area contributed by atoms with Crippen molar-refractivity contribution in [1.82, 2.24) is 9.99 Å². The molecule has 0 bridgehead atoms. The van der Waals surface area contributed by atoms with Gasteiger partial charge in [0.15, 0.2) is 0 Å². The Bertz CT molecular complexity index is 217. The Kier molecular flexibility index (Phi) is 13.8. The number of nitrogens with one attached hydrogen (secondary N) is 1. The summed E-state index contributed by atoms with van der Waals surface area (Å²) in [6.45, 7) is 13.9. The van der Waals surface area contributed by atoms with Crippen molar-refractivity contribution in [3.05, 3.63) is 0 Å². The Hall–Kier alpha value is 0.110. The summed E-state index contributed by atoms with van der Waals surface area (Å²) in [5.74, 6) is 0. The summed E-state index contributed by atoms with van der Waals surface area (Å²) in [5.41, 5.74) is 0. The Morgan fingerprint density at radius 2 is 1.67 bits per heavy atom. The van der Waals surface area contributed by atoms with E-state index in [1.165, 1.54) is 0 Å². The van der Waals surface area contributed by atoms with Gasteiger partial charge in [-0.1, -0.05) is 27.7 Å². The lowest BCUT2D eigenvalue weighted by Crippen LogP contribution is -2.39. The molecule has 0 amide bonds. The standard InChI is InChI=1S/C9H21N2O2P.2C2H6/c1-4-13-14(3,12)11-7-5-9(10-2)6-8-11;2*1-2/h9-10H,4-8H2,1-3H3;2*1-2H3. The molecular weight excluding hydrogens is 247 g/mol. The van der Waals surface area contributed by atoms with E-state index >= 15 is 0 Å². The molecule has 0 aromatic heterocycles. The summed E-state index contributed by atoms with van der Waals surface area (Å²) in [5, 5.41) is 3.25. The second kappa shape index (κ2) is 12.2. The van der Waals surface area contributed by atoms with E-state index in [4.69, 9.17) is 4.52 Å². The maximum Gasteiger partial charge on any atom is 0.269 e. The monoisotopic (exact) mass is 280 g/mol. The van der Waals surface area contributed by atoms with Gasteiger partial charge in [0, 0.05) is 25.8 Å². The van der Waals surface area contributed by atoms with Crippen LogP contribution in [0.25, 0.3) is 0 Å². The largest absolute Gasteiger partial charge is 0.318 e. The van der Waals surface area contributed by atoms with E-state index in [-0.39, 0.29) is 0 Å². The Balaban J connectivity index is 0. The fraction of sp³-hybridized carbons (Fsp3) is 1.00. The first-order chi connectivity index (χ1) is 8.60. The van der Waals surface area contributed by atoms with Crippen LogP contribution in [0.2, 0.25) is 0 Å². The molecule has 4 nitrogen and oxygen atoms in total. The van der Waals surface area contributed by atoms with Gasteiger partial charge >= 0.3 is 0 Å². The lowest BCUT2D eigenvalue weighted by atomic mass is 10.1. The van der Waals surface area contributed by atoms with Crippen molar-refractivity contribution in [2.45, 2.75) is 53.5 Å². The van der Waals surface area contributed by atoms with E-state index in [0.29, 0.717) is 12.6 Å². The Morgan fingerprint density at radius 1 is 1.22 bits per heavy atom. The zero-order chi connectivity index (χ0) is 14.6. The van der Waals surface area contributed by atoms with Crippen LogP contribution >= 0.6 is 7.52 Å². The minimum atomic E-state index is -2.50. The van der Waals surface area contributed by atoms with E-state index in [1.807, 2.05) is 46.3 Å². The van der Waals surface area contributed by atoms with Crippen molar-refractivity contribution in [3.63, 3.8) is 0 Å². The third kappa shape index (κ3) is 7.52. The fourth-order valence-electron chi connectivity index (χ4n) is 1.84. The van der Waals surface area contributed by atoms with Crippen LogP contribution in [0.3, 0.4) is 0 Å². The topological polar surface area (TPSA) is 41.6 Å². The van der Waals surface area contributed by atoms with Crippen LogP contribution in [-0.2, 0) is 9.09 Å². The van der Waals surface area contributed by atoms with Crippen LogP contribution in [0.5, 0.6) is 0 Å². The van der Waals surface area contributed by atoms with Crippen LogP contribution in [0.15, 0.2) is 0 Å². The third-order valence-electron chi connectivity index (χ3n) is 2.76. The molecule has 1 heterocycles. The lowest BCUT2D eigenvalue weighted by Gasteiger charge is -2.34. The molecular formula is C13H33N2O2P. The summed E-state index contributed by atoms with van der Waals surface area (Å²) in [7, 11) is -0.519. The molecule has 0 aromatic carbocycles. The molecule has 112 valence electrons. The fourth-order valence-corrected chi connectivity index (χ4v) is 3.44. The molecule has 0 saturated carbocycles. The summed E-state index contributed by atoms with van der Waals surface area (Å²) < 4.78 is 19.3. The number of nitrogens with zero attached hydrogens (tertiary/aromatic N) is 1. The average molecular weight is 280 g/mol. The van der Waals surface area contributed by atoms with Gasteiger partial charge in [0.05, 0.1) is 6.61 Å². The highest BCUT2D eigenvalue weighted by Gasteiger charge is 2.29. The van der Waals surface area contributed by atoms with E-state index in [2.05, 4.69) is 5.32 Å². The molecule has 1 N–H and O–H groups in total. The highest BCUT2D eigenvalue weighted by molar-refractivity contribution is 7.55. The summed E-state index contributed by atoms with van der Waals surface area (Å²) in [4.78, 5) is 0. The van der Waals surface area contributed by atoms with Gasteiger partial charge in [-0.25, -0.2) is 4.67 Å². The van der Waals surface area contributed by atoms with Crippen molar-refractivity contribution in [1.29, 1.82) is 0 Å². The van der Waals surface area contributed by atoms with E-state index in [9.17, 15) is 4.57 Å². The Labute approximate surface area is 114 Å². The first-order valence-corrected chi connectivity index (χ1v) is 9.27. The summed E-state index contributed by atoms with van der Waals surface area (Å²) in [6.07, 6.45) is 2.11. The quantitative estimate of drug-likeness (QED) is 0.799. The number of piperidine rings is 1. The van der Waals surface area contributed by atoms with E-state index in [1.54, 1.807) is 6.66 Å². The van der Waals surface area contributed by atoms with Gasteiger partial charge in [-0.05, 0) is 26.8 Å². The minimum absolute atomic E-state index is 0.528. The van der Waals surface area contributed by atoms with Gasteiger partial charge < -0.3 is 9.84 Å². The predicted octanol–water partition coefficient (Wildman–Crippen LogP) is 3.58. The average Bonchev–Trinajstić information content (AvgIpc) is 2.43. The van der Waals surface area contributed by atoms with Gasteiger partial charge in [-0.15, -0.1) is 0 Å². The van der Waals surface area contributed by atoms with E-state index in [0.717, 1.165) is 25.9 Å². The Morgan fingerprint density at radius 3 is 2.00 bits per heavy atom. The van der Waals surface area contributed by atoms with Gasteiger partial charge in [0.1, 0.15) is 0 Å². The molecule has 1 fully saturated rings. The summed E-state index contributed by atoms with van der Waals surface area (Å²) in [6, 6.07) is 0.577. The lowest BCUT2D eigenvalue weighted by molar-refractivity contribution is 0.237. The van der Waals surface area contributed by atoms with Crippen LogP contribution < -0.4 is 5.32 Å². The molecule has 1 rings (SSSR count). The molecule has 1 saturated heterocycles. The van der Waals surface area contributed by atoms with Crippen molar-refractivity contribution in [3.8, 4) is 0 Å². The maximum atomic E-state index is 12.0. The predicted molar refractivity (Wildman–Crippen MR) is 81.5 cm³/mol. The zero-order valence-corrected chi connectivity index (χ0v) is 14.2. The van der Waals surface area contributed by atoms with Crippen molar-refractivity contribution >= 4 is 7.52 Å². The molecule has 1 atom stereocenters. The first kappa shape index (κ1) is 20.4. The second-order valence-corrected chi connectivity index (χ2v) is 6.17. The number of rotatable bonds is 4. The van der Waals surface area contributed by atoms with Gasteiger partial charge in [-0.3, -0.25) is 4.57 Å². The number of hydrogen-bond acceptors (Lipinski definition) is 3. The highest BCUT2D eigenvalue weighted by Crippen LogP contribution is 2.47. The molecule has 1 unspecified atom stereocenters. The van der Waals surface area contributed by atoms with Crippen LogP contribution in [0.1, 0.15) is 47.5 Å². The minimum Gasteiger partial charge on any atom is -0.318 e. The van der Waals surface area contributed by atoms with Gasteiger partial charge in [-0.2, -0.15) is 0 Å². The van der Waals surface area contributed by atoms with Crippen LogP contribution in [0, 0.1) is 0 Å². The molecule has 0 aliphatic carbocycles. The zero-order valence-electron chi connectivity index (χ0n) is 13.3. The first-order valence-electron chi connectivity index (χ1n) is 7.25. The molecule has 0 spiro atoms. The highest BCUT2D eigenvalue weighted by atomic mass is 31.2. The van der Waals surface area contributed by atoms with Crippen LogP contribution in [-0.4, -0.2) is 44.1 Å². The normalized spacial score (nSPS) is 19.9. The van der Waals surface area contributed by atoms with Crippen LogP contribution in [0.4, 0.5) is 0 Å². The molecule has 0 aromatic rings. The molecule has 18 heavy (non-hydrogen) atoms. The summed E-state index contributed by atoms with van der Waals surface area (Å²) >= 11 is 0. The third-order valence-corrected chi connectivity index (χ3v) is 4.93. The van der Waals surface area contributed by atoms with Gasteiger partial charge in [0.25, 0.3) is 7.52 Å². The molecule has 1 aliphatic heterocycles. The smallest absolute Gasteiger partial charge is 0.269 e. The molecule has 1 aliphatic rings. The van der Waals surface area contributed by atoms with E-state index < -0.39 is 7.52 Å².